The molecule has 1 fully saturated rings. The van der Waals surface area contributed by atoms with Crippen LogP contribution >= 0.6 is 0 Å². The number of piperidine rings is 1. The number of nitrogens with one attached hydrogen (secondary N) is 1. The fourth-order valence-electron chi connectivity index (χ4n) is 2.93. The van der Waals surface area contributed by atoms with Crippen LogP contribution < -0.4 is 10.6 Å². The molecule has 1 saturated heterocycles. The lowest BCUT2D eigenvalue weighted by molar-refractivity contribution is 0.420. The molecule has 0 radical (unpaired) electrons. The normalized spacial score (nSPS) is 19.0. The molecule has 3 N–H and O–H groups in total. The number of rotatable bonds is 4. The fourth-order valence-corrected chi connectivity index (χ4v) is 2.93. The van der Waals surface area contributed by atoms with E-state index < -0.39 is 0 Å². The van der Waals surface area contributed by atoms with Crippen molar-refractivity contribution in [1.29, 1.82) is 0 Å². The maximum absolute atomic E-state index is 5.79. The highest BCUT2D eigenvalue weighted by Gasteiger charge is 2.21. The Hall–Kier alpha value is -1.88. The molecule has 1 unspecified atom stereocenters. The van der Waals surface area contributed by atoms with Crippen LogP contribution in [0.3, 0.4) is 0 Å². The van der Waals surface area contributed by atoms with Crippen LogP contribution in [0.4, 0.5) is 5.95 Å². The van der Waals surface area contributed by atoms with Gasteiger partial charge in [0.25, 0.3) is 0 Å². The van der Waals surface area contributed by atoms with E-state index in [1.807, 2.05) is 0 Å². The molecule has 1 aliphatic rings. The molecule has 0 saturated carbocycles. The Morgan fingerprint density at radius 1 is 1.38 bits per heavy atom. The van der Waals surface area contributed by atoms with Crippen LogP contribution in [0.2, 0.25) is 0 Å². The highest BCUT2D eigenvalue weighted by atomic mass is 15.4. The summed E-state index contributed by atoms with van der Waals surface area (Å²) in [5.74, 6) is 2.31. The van der Waals surface area contributed by atoms with Crippen LogP contribution in [0.5, 0.6) is 0 Å². The summed E-state index contributed by atoms with van der Waals surface area (Å²) >= 11 is 0. The summed E-state index contributed by atoms with van der Waals surface area (Å²) in [6.07, 6.45) is 3.19. The molecule has 0 bridgehead atoms. The van der Waals surface area contributed by atoms with Gasteiger partial charge in [0, 0.05) is 19.5 Å². The zero-order valence-corrected chi connectivity index (χ0v) is 12.5. The summed E-state index contributed by atoms with van der Waals surface area (Å²) in [5, 5.41) is 7.46. The van der Waals surface area contributed by atoms with Gasteiger partial charge < -0.3 is 10.6 Å². The van der Waals surface area contributed by atoms with Crippen LogP contribution in [0.25, 0.3) is 0 Å². The number of nitrogens with two attached hydrogens (primary N) is 1. The third-order valence-corrected chi connectivity index (χ3v) is 4.27. The highest BCUT2D eigenvalue weighted by molar-refractivity contribution is 5.32. The van der Waals surface area contributed by atoms with Gasteiger partial charge in [-0.1, -0.05) is 24.3 Å². The van der Waals surface area contributed by atoms with Crippen molar-refractivity contribution in [3.8, 4) is 0 Å². The predicted octanol–water partition coefficient (Wildman–Crippen LogP) is 1.88. The average Bonchev–Trinajstić information content (AvgIpc) is 2.98. The second-order valence-electron chi connectivity index (χ2n) is 5.88. The van der Waals surface area contributed by atoms with E-state index >= 15 is 0 Å². The standard InChI is InChI=1S/C16H23N5/c1-12-5-2-3-7-14(12)9-15-18-16(20-19-15)21-8-4-6-13(10-17)11-21/h2-3,5,7,13H,4,6,8-11,17H2,1H3,(H,18,19,20). The lowest BCUT2D eigenvalue weighted by Gasteiger charge is -2.31. The SMILES string of the molecule is Cc1ccccc1Cc1nc(N2CCCC(CN)C2)n[nH]1. The minimum absolute atomic E-state index is 0.567. The number of hydrogen-bond donors (Lipinski definition) is 2. The maximum Gasteiger partial charge on any atom is 0.244 e. The lowest BCUT2D eigenvalue weighted by atomic mass is 9.99. The largest absolute Gasteiger partial charge is 0.339 e. The van der Waals surface area contributed by atoms with E-state index in [9.17, 15) is 0 Å². The van der Waals surface area contributed by atoms with Gasteiger partial charge in [0.05, 0.1) is 0 Å². The summed E-state index contributed by atoms with van der Waals surface area (Å²) in [7, 11) is 0. The third kappa shape index (κ3) is 3.24. The molecule has 1 aromatic heterocycles. The Labute approximate surface area is 125 Å². The first-order valence-corrected chi connectivity index (χ1v) is 7.67. The molecule has 1 aromatic carbocycles. The quantitative estimate of drug-likeness (QED) is 0.900. The monoisotopic (exact) mass is 285 g/mol. The number of nitrogens with zero attached hydrogens (tertiary/aromatic N) is 3. The van der Waals surface area contributed by atoms with E-state index in [0.29, 0.717) is 5.92 Å². The van der Waals surface area contributed by atoms with Crippen LogP contribution in [0.1, 0.15) is 29.8 Å². The van der Waals surface area contributed by atoms with E-state index in [2.05, 4.69) is 51.3 Å². The van der Waals surface area contributed by atoms with Gasteiger partial charge in [0.15, 0.2) is 0 Å². The summed E-state index contributed by atoms with van der Waals surface area (Å²) in [6.45, 7) is 4.87. The lowest BCUT2D eigenvalue weighted by Crippen LogP contribution is -2.39. The zero-order valence-electron chi connectivity index (χ0n) is 12.5. The summed E-state index contributed by atoms with van der Waals surface area (Å²) in [6, 6.07) is 8.40. The molecule has 21 heavy (non-hydrogen) atoms. The van der Waals surface area contributed by atoms with Gasteiger partial charge in [0.1, 0.15) is 5.82 Å². The zero-order chi connectivity index (χ0) is 14.7. The first-order valence-electron chi connectivity index (χ1n) is 7.67. The van der Waals surface area contributed by atoms with Crippen molar-refractivity contribution < 1.29 is 0 Å². The second kappa shape index (κ2) is 6.26. The minimum atomic E-state index is 0.567. The van der Waals surface area contributed by atoms with Crippen molar-refractivity contribution in [1.82, 2.24) is 15.2 Å². The van der Waals surface area contributed by atoms with Crippen molar-refractivity contribution in [2.45, 2.75) is 26.2 Å². The number of H-pyrrole nitrogens is 1. The molecule has 112 valence electrons. The van der Waals surface area contributed by atoms with Crippen molar-refractivity contribution >= 4 is 5.95 Å². The summed E-state index contributed by atoms with van der Waals surface area (Å²) in [4.78, 5) is 6.91. The molecule has 1 atom stereocenters. The number of benzene rings is 1. The number of aryl methyl sites for hydroxylation is 1. The molecular weight excluding hydrogens is 262 g/mol. The molecule has 5 heteroatoms. The summed E-state index contributed by atoms with van der Waals surface area (Å²) in [5.41, 5.74) is 8.37. The van der Waals surface area contributed by atoms with Gasteiger partial charge in [-0.15, -0.1) is 5.10 Å². The van der Waals surface area contributed by atoms with Crippen LogP contribution in [-0.2, 0) is 6.42 Å². The van der Waals surface area contributed by atoms with Gasteiger partial charge >= 0.3 is 0 Å². The minimum Gasteiger partial charge on any atom is -0.339 e. The molecule has 1 aliphatic heterocycles. The van der Waals surface area contributed by atoms with Crippen molar-refractivity contribution in [3.05, 3.63) is 41.2 Å². The molecule has 0 aliphatic carbocycles. The van der Waals surface area contributed by atoms with Gasteiger partial charge in [0.2, 0.25) is 5.95 Å². The van der Waals surface area contributed by atoms with Gasteiger partial charge in [-0.3, -0.25) is 5.10 Å². The number of aromatic nitrogens is 3. The Bertz CT molecular complexity index is 592. The van der Waals surface area contributed by atoms with E-state index in [1.165, 1.54) is 24.0 Å². The Kier molecular flexibility index (Phi) is 4.20. The predicted molar refractivity (Wildman–Crippen MR) is 84.4 cm³/mol. The van der Waals surface area contributed by atoms with Gasteiger partial charge in [-0.25, -0.2) is 0 Å². The number of hydrogen-bond acceptors (Lipinski definition) is 4. The van der Waals surface area contributed by atoms with E-state index in [4.69, 9.17) is 5.73 Å². The van der Waals surface area contributed by atoms with E-state index in [1.54, 1.807) is 0 Å². The van der Waals surface area contributed by atoms with Crippen molar-refractivity contribution in [2.24, 2.45) is 11.7 Å². The summed E-state index contributed by atoms with van der Waals surface area (Å²) < 4.78 is 0. The third-order valence-electron chi connectivity index (χ3n) is 4.27. The van der Waals surface area contributed by atoms with Crippen LogP contribution in [0, 0.1) is 12.8 Å². The molecule has 0 spiro atoms. The van der Waals surface area contributed by atoms with E-state index in [0.717, 1.165) is 37.8 Å². The van der Waals surface area contributed by atoms with Gasteiger partial charge in [-0.05, 0) is 43.4 Å². The molecule has 3 rings (SSSR count). The Morgan fingerprint density at radius 3 is 3.05 bits per heavy atom. The fraction of sp³-hybridized carbons (Fsp3) is 0.500. The first-order chi connectivity index (χ1) is 10.3. The average molecular weight is 285 g/mol. The Balaban J connectivity index is 1.70. The molecule has 0 amide bonds. The number of anilines is 1. The van der Waals surface area contributed by atoms with Crippen molar-refractivity contribution in [2.75, 3.05) is 24.5 Å². The Morgan fingerprint density at radius 2 is 2.24 bits per heavy atom. The maximum atomic E-state index is 5.79. The number of aromatic amines is 1. The molecule has 2 aromatic rings. The van der Waals surface area contributed by atoms with Crippen molar-refractivity contribution in [3.63, 3.8) is 0 Å². The van der Waals surface area contributed by atoms with Crippen LogP contribution in [0.15, 0.2) is 24.3 Å². The molecule has 5 nitrogen and oxygen atoms in total. The van der Waals surface area contributed by atoms with E-state index in [-0.39, 0.29) is 0 Å². The van der Waals surface area contributed by atoms with Gasteiger partial charge in [-0.2, -0.15) is 4.98 Å². The first kappa shape index (κ1) is 14.1. The smallest absolute Gasteiger partial charge is 0.244 e. The topological polar surface area (TPSA) is 70.8 Å². The second-order valence-corrected chi connectivity index (χ2v) is 5.88. The molecule has 2 heterocycles. The molecular formula is C16H23N5. The van der Waals surface area contributed by atoms with Crippen LogP contribution in [-0.4, -0.2) is 34.8 Å². The highest BCUT2D eigenvalue weighted by Crippen LogP contribution is 2.20.